The number of aliphatic hydroxyl groups is 1. The van der Waals surface area contributed by atoms with Crippen LogP contribution in [0.25, 0.3) is 10.9 Å². The maximum Gasteiger partial charge on any atom is 0.102 e. The molecule has 16 heavy (non-hydrogen) atoms. The van der Waals surface area contributed by atoms with Gasteiger partial charge < -0.3 is 5.11 Å². The third-order valence-electron chi connectivity index (χ3n) is 2.18. The van der Waals surface area contributed by atoms with E-state index in [2.05, 4.69) is 11.1 Å². The molecule has 1 aromatic carbocycles. The highest BCUT2D eigenvalue weighted by molar-refractivity contribution is 7.99. The molecule has 0 bridgehead atoms. The van der Waals surface area contributed by atoms with Crippen LogP contribution in [0, 0.1) is 11.3 Å². The van der Waals surface area contributed by atoms with Gasteiger partial charge in [0.05, 0.1) is 17.7 Å². The van der Waals surface area contributed by atoms with Gasteiger partial charge in [-0.2, -0.15) is 5.26 Å². The highest BCUT2D eigenvalue weighted by Gasteiger charge is 2.08. The van der Waals surface area contributed by atoms with Gasteiger partial charge in [0.1, 0.15) is 6.07 Å². The zero-order valence-electron chi connectivity index (χ0n) is 8.55. The summed E-state index contributed by atoms with van der Waals surface area (Å²) in [6.45, 7) is 0.103. The largest absolute Gasteiger partial charge is 0.396 e. The minimum atomic E-state index is 0.103. The number of nitriles is 1. The van der Waals surface area contributed by atoms with E-state index >= 15 is 0 Å². The highest BCUT2D eigenvalue weighted by atomic mass is 32.2. The first-order valence-electron chi connectivity index (χ1n) is 4.88. The summed E-state index contributed by atoms with van der Waals surface area (Å²) in [7, 11) is 0. The van der Waals surface area contributed by atoms with Crippen LogP contribution < -0.4 is 0 Å². The van der Waals surface area contributed by atoms with Crippen LogP contribution in [0.1, 0.15) is 5.56 Å². The van der Waals surface area contributed by atoms with Crippen LogP contribution in [-0.4, -0.2) is 22.5 Å². The average molecular weight is 230 g/mol. The number of aromatic nitrogens is 1. The van der Waals surface area contributed by atoms with Crippen LogP contribution in [0.2, 0.25) is 0 Å². The van der Waals surface area contributed by atoms with Gasteiger partial charge in [-0.1, -0.05) is 18.2 Å². The van der Waals surface area contributed by atoms with Gasteiger partial charge in [-0.3, -0.25) is 4.98 Å². The van der Waals surface area contributed by atoms with Crippen molar-refractivity contribution in [3.63, 3.8) is 0 Å². The fourth-order valence-electron chi connectivity index (χ4n) is 1.50. The minimum absolute atomic E-state index is 0.103. The van der Waals surface area contributed by atoms with Crippen molar-refractivity contribution in [2.45, 2.75) is 4.90 Å². The Labute approximate surface area is 97.7 Å². The van der Waals surface area contributed by atoms with Crippen LogP contribution in [-0.2, 0) is 0 Å². The lowest BCUT2D eigenvalue weighted by atomic mass is 10.2. The topological polar surface area (TPSA) is 56.9 Å². The fraction of sp³-hybridized carbons (Fsp3) is 0.167. The van der Waals surface area contributed by atoms with Crippen molar-refractivity contribution < 1.29 is 5.11 Å². The predicted molar refractivity (Wildman–Crippen MR) is 64.3 cm³/mol. The summed E-state index contributed by atoms with van der Waals surface area (Å²) in [6.07, 6.45) is 1.59. The normalized spacial score (nSPS) is 10.2. The van der Waals surface area contributed by atoms with Gasteiger partial charge in [0, 0.05) is 22.2 Å². The number of benzene rings is 1. The van der Waals surface area contributed by atoms with E-state index in [1.165, 1.54) is 11.8 Å². The summed E-state index contributed by atoms with van der Waals surface area (Å²) in [4.78, 5) is 5.13. The molecule has 0 unspecified atom stereocenters. The molecular weight excluding hydrogens is 220 g/mol. The SMILES string of the molecule is N#Cc1cnc2ccccc2c1SCCO. The fourth-order valence-corrected chi connectivity index (χ4v) is 2.38. The Balaban J connectivity index is 2.60. The van der Waals surface area contributed by atoms with Crippen LogP contribution in [0.15, 0.2) is 35.4 Å². The lowest BCUT2D eigenvalue weighted by Crippen LogP contribution is -1.91. The molecule has 0 fully saturated rings. The molecule has 2 aromatic rings. The van der Waals surface area contributed by atoms with Gasteiger partial charge in [-0.15, -0.1) is 11.8 Å². The van der Waals surface area contributed by atoms with Crippen LogP contribution in [0.4, 0.5) is 0 Å². The Morgan fingerprint density at radius 3 is 2.94 bits per heavy atom. The molecule has 0 saturated carbocycles. The first kappa shape index (κ1) is 10.9. The molecule has 0 atom stereocenters. The van der Waals surface area contributed by atoms with Crippen LogP contribution in [0.5, 0.6) is 0 Å². The summed E-state index contributed by atoms with van der Waals surface area (Å²) in [5.74, 6) is 0.586. The summed E-state index contributed by atoms with van der Waals surface area (Å²) >= 11 is 1.49. The van der Waals surface area contributed by atoms with E-state index in [-0.39, 0.29) is 6.61 Å². The van der Waals surface area contributed by atoms with Crippen molar-refractivity contribution >= 4 is 22.7 Å². The molecular formula is C12H10N2OS. The highest BCUT2D eigenvalue weighted by Crippen LogP contribution is 2.29. The van der Waals surface area contributed by atoms with Gasteiger partial charge in [0.25, 0.3) is 0 Å². The monoisotopic (exact) mass is 230 g/mol. The Hall–Kier alpha value is -1.57. The Kier molecular flexibility index (Phi) is 3.40. The van der Waals surface area contributed by atoms with Crippen molar-refractivity contribution in [2.75, 3.05) is 12.4 Å². The summed E-state index contributed by atoms with van der Waals surface area (Å²) in [6, 6.07) is 9.84. The smallest absolute Gasteiger partial charge is 0.102 e. The molecule has 1 heterocycles. The van der Waals surface area contributed by atoms with Gasteiger partial charge >= 0.3 is 0 Å². The molecule has 0 radical (unpaired) electrons. The van der Waals surface area contributed by atoms with Gasteiger partial charge in [-0.25, -0.2) is 0 Å². The molecule has 3 nitrogen and oxygen atoms in total. The molecule has 2 rings (SSSR count). The first-order valence-corrected chi connectivity index (χ1v) is 5.87. The number of hydrogen-bond acceptors (Lipinski definition) is 4. The quantitative estimate of drug-likeness (QED) is 0.821. The number of rotatable bonds is 3. The van der Waals surface area contributed by atoms with Crippen molar-refractivity contribution in [1.82, 2.24) is 4.98 Å². The molecule has 0 saturated heterocycles. The molecule has 0 spiro atoms. The van der Waals surface area contributed by atoms with E-state index in [0.29, 0.717) is 11.3 Å². The third kappa shape index (κ3) is 2.01. The van der Waals surface area contributed by atoms with Crippen LogP contribution in [0.3, 0.4) is 0 Å². The van der Waals surface area contributed by atoms with Crippen molar-refractivity contribution in [3.05, 3.63) is 36.0 Å². The molecule has 0 aliphatic carbocycles. The molecule has 80 valence electrons. The molecule has 0 amide bonds. The number of pyridine rings is 1. The average Bonchev–Trinajstić information content (AvgIpc) is 2.35. The number of fused-ring (bicyclic) bond motifs is 1. The zero-order valence-corrected chi connectivity index (χ0v) is 9.37. The molecule has 1 aromatic heterocycles. The second-order valence-electron chi connectivity index (χ2n) is 3.20. The predicted octanol–water partition coefficient (Wildman–Crippen LogP) is 2.19. The molecule has 0 aliphatic rings. The minimum Gasteiger partial charge on any atom is -0.396 e. The summed E-state index contributed by atoms with van der Waals surface area (Å²) in [5.41, 5.74) is 1.44. The second kappa shape index (κ2) is 4.97. The Morgan fingerprint density at radius 2 is 2.19 bits per heavy atom. The first-order chi connectivity index (χ1) is 7.86. The Morgan fingerprint density at radius 1 is 1.38 bits per heavy atom. The van der Waals surface area contributed by atoms with E-state index in [9.17, 15) is 0 Å². The lowest BCUT2D eigenvalue weighted by molar-refractivity contribution is 0.322. The number of aliphatic hydroxyl groups excluding tert-OH is 1. The van der Waals surface area contributed by atoms with Gasteiger partial charge in [-0.05, 0) is 6.07 Å². The van der Waals surface area contributed by atoms with E-state index in [0.717, 1.165) is 15.8 Å². The van der Waals surface area contributed by atoms with Crippen molar-refractivity contribution in [3.8, 4) is 6.07 Å². The Bertz CT molecular complexity index is 548. The summed E-state index contributed by atoms with van der Waals surface area (Å²) in [5, 5.41) is 18.8. The van der Waals surface area contributed by atoms with E-state index in [1.54, 1.807) is 6.20 Å². The second-order valence-corrected chi connectivity index (χ2v) is 4.31. The third-order valence-corrected chi connectivity index (χ3v) is 3.30. The molecule has 0 aliphatic heterocycles. The lowest BCUT2D eigenvalue weighted by Gasteiger charge is -2.06. The number of nitrogens with zero attached hydrogens (tertiary/aromatic N) is 2. The van der Waals surface area contributed by atoms with Crippen molar-refractivity contribution in [2.24, 2.45) is 0 Å². The van der Waals surface area contributed by atoms with E-state index in [1.807, 2.05) is 24.3 Å². The van der Waals surface area contributed by atoms with E-state index in [4.69, 9.17) is 10.4 Å². The number of thioether (sulfide) groups is 1. The molecule has 1 N–H and O–H groups in total. The number of para-hydroxylation sites is 1. The standard InChI is InChI=1S/C12H10N2OS/c13-7-9-8-14-11-4-2-1-3-10(11)12(9)16-6-5-15/h1-4,8,15H,5-6H2. The maximum atomic E-state index is 9.01. The van der Waals surface area contributed by atoms with Gasteiger partial charge in [0.15, 0.2) is 0 Å². The van der Waals surface area contributed by atoms with Crippen molar-refractivity contribution in [1.29, 1.82) is 5.26 Å². The van der Waals surface area contributed by atoms with Gasteiger partial charge in [0.2, 0.25) is 0 Å². The number of hydrogen-bond donors (Lipinski definition) is 1. The zero-order chi connectivity index (χ0) is 11.4. The van der Waals surface area contributed by atoms with E-state index < -0.39 is 0 Å². The maximum absolute atomic E-state index is 9.01. The van der Waals surface area contributed by atoms with Crippen LogP contribution >= 0.6 is 11.8 Å². The molecule has 4 heteroatoms. The summed E-state index contributed by atoms with van der Waals surface area (Å²) < 4.78 is 0.